The summed E-state index contributed by atoms with van der Waals surface area (Å²) in [5.41, 5.74) is 2.92. The lowest BCUT2D eigenvalue weighted by molar-refractivity contribution is -0.192. The average Bonchev–Trinajstić information content (AvgIpc) is 3.52. The minimum Gasteiger partial charge on any atom is -0.475 e. The molecule has 32 heavy (non-hydrogen) atoms. The summed E-state index contributed by atoms with van der Waals surface area (Å²) in [5, 5.41) is 16.0. The smallest absolute Gasteiger partial charge is 0.475 e. The van der Waals surface area contributed by atoms with Crippen LogP contribution >= 0.6 is 0 Å². The molecule has 0 bridgehead atoms. The van der Waals surface area contributed by atoms with Crippen LogP contribution in [0.5, 0.6) is 0 Å². The van der Waals surface area contributed by atoms with Gasteiger partial charge in [-0.15, -0.1) is 10.2 Å². The van der Waals surface area contributed by atoms with E-state index >= 15 is 0 Å². The summed E-state index contributed by atoms with van der Waals surface area (Å²) in [5.74, 6) is -3.16. The van der Waals surface area contributed by atoms with Crippen LogP contribution in [-0.4, -0.2) is 68.9 Å². The first-order valence-corrected chi connectivity index (χ1v) is 8.90. The highest BCUT2D eigenvalue weighted by atomic mass is 19.4. The normalized spacial score (nSPS) is 14.3. The molecule has 180 valence electrons. The van der Waals surface area contributed by atoms with Crippen LogP contribution in [0.25, 0.3) is 0 Å². The van der Waals surface area contributed by atoms with Crippen molar-refractivity contribution in [1.29, 1.82) is 0 Å². The fourth-order valence-corrected chi connectivity index (χ4v) is 2.04. The predicted octanol–water partition coefficient (Wildman–Crippen LogP) is 2.22. The molecule has 1 aliphatic heterocycles. The Hall–Kier alpha value is -2.78. The molecule has 0 unspecified atom stereocenters. The Bertz CT molecular complexity index is 777. The van der Waals surface area contributed by atoms with Gasteiger partial charge in [-0.1, -0.05) is 12.1 Å². The molecule has 0 aliphatic carbocycles. The molecule has 0 saturated carbocycles. The number of carbonyl (C=O) groups excluding carboxylic acids is 1. The third kappa shape index (κ3) is 8.39. The Labute approximate surface area is 177 Å². The second kappa shape index (κ2) is 11.7. The van der Waals surface area contributed by atoms with Crippen LogP contribution in [0.4, 0.5) is 26.3 Å². The van der Waals surface area contributed by atoms with Crippen molar-refractivity contribution < 1.29 is 50.5 Å². The summed E-state index contributed by atoms with van der Waals surface area (Å²) in [6, 6.07) is 5.02. The molecule has 0 aromatic heterocycles. The number of halogens is 6. The Balaban J connectivity index is 0.000000633. The van der Waals surface area contributed by atoms with Crippen LogP contribution in [0.3, 0.4) is 0 Å². The number of hydrogen-bond donors (Lipinski definition) is 3. The SMILES string of the molecule is NCCOCCOCCNC(=O)c1ccc(C2(C(F)(F)F)N=N2)cc1.O=C(O)C(F)(F)F. The van der Waals surface area contributed by atoms with Crippen molar-refractivity contribution in [3.63, 3.8) is 0 Å². The summed E-state index contributed by atoms with van der Waals surface area (Å²) >= 11 is 0. The van der Waals surface area contributed by atoms with Crippen molar-refractivity contribution in [3.8, 4) is 0 Å². The van der Waals surface area contributed by atoms with E-state index in [1.165, 1.54) is 24.3 Å². The van der Waals surface area contributed by atoms with E-state index in [0.717, 1.165) is 0 Å². The third-order valence-electron chi connectivity index (χ3n) is 3.65. The highest BCUT2D eigenvalue weighted by Crippen LogP contribution is 2.52. The zero-order chi connectivity index (χ0) is 24.4. The van der Waals surface area contributed by atoms with Gasteiger partial charge in [0.15, 0.2) is 0 Å². The van der Waals surface area contributed by atoms with E-state index in [-0.39, 0.29) is 17.7 Å². The van der Waals surface area contributed by atoms with Gasteiger partial charge in [0.25, 0.3) is 5.91 Å². The highest BCUT2D eigenvalue weighted by molar-refractivity contribution is 5.94. The number of aliphatic carboxylic acids is 1. The minimum atomic E-state index is -5.08. The molecule has 9 nitrogen and oxygen atoms in total. The summed E-state index contributed by atoms with van der Waals surface area (Å²) in [4.78, 5) is 20.8. The molecule has 0 saturated heterocycles. The summed E-state index contributed by atoms with van der Waals surface area (Å²) in [7, 11) is 0. The molecule has 1 aromatic rings. The van der Waals surface area contributed by atoms with Crippen molar-refractivity contribution in [3.05, 3.63) is 35.4 Å². The topological polar surface area (TPSA) is 136 Å². The van der Waals surface area contributed by atoms with Gasteiger partial charge >= 0.3 is 24.0 Å². The largest absolute Gasteiger partial charge is 0.490 e. The van der Waals surface area contributed by atoms with E-state index in [4.69, 9.17) is 25.1 Å². The van der Waals surface area contributed by atoms with E-state index in [9.17, 15) is 31.1 Å². The number of hydrogen-bond acceptors (Lipinski definition) is 7. The first-order valence-electron chi connectivity index (χ1n) is 8.90. The van der Waals surface area contributed by atoms with Gasteiger partial charge in [-0.25, -0.2) is 4.79 Å². The van der Waals surface area contributed by atoms with Gasteiger partial charge in [-0.3, -0.25) is 4.79 Å². The van der Waals surface area contributed by atoms with E-state index < -0.39 is 29.9 Å². The molecule has 15 heteroatoms. The Kier molecular flexibility index (Phi) is 9.99. The Morgan fingerprint density at radius 1 is 0.969 bits per heavy atom. The van der Waals surface area contributed by atoms with Gasteiger partial charge in [0.2, 0.25) is 0 Å². The predicted molar refractivity (Wildman–Crippen MR) is 95.7 cm³/mol. The summed E-state index contributed by atoms with van der Waals surface area (Å²) in [6.07, 6.45) is -9.66. The van der Waals surface area contributed by atoms with E-state index in [1.54, 1.807) is 0 Å². The molecule has 1 aromatic carbocycles. The zero-order valence-corrected chi connectivity index (χ0v) is 16.4. The second-order valence-corrected chi connectivity index (χ2v) is 6.02. The van der Waals surface area contributed by atoms with Gasteiger partial charge in [-0.05, 0) is 12.1 Å². The van der Waals surface area contributed by atoms with E-state index in [1.807, 2.05) is 0 Å². The number of nitrogens with two attached hydrogens (primary N) is 1. The number of rotatable bonds is 10. The first kappa shape index (κ1) is 27.3. The molecule has 0 fully saturated rings. The third-order valence-corrected chi connectivity index (χ3v) is 3.65. The van der Waals surface area contributed by atoms with Gasteiger partial charge in [0.05, 0.1) is 26.4 Å². The van der Waals surface area contributed by atoms with Crippen LogP contribution in [0.1, 0.15) is 15.9 Å². The molecule has 0 spiro atoms. The maximum atomic E-state index is 12.9. The molecule has 1 aliphatic rings. The number of benzene rings is 1. The van der Waals surface area contributed by atoms with Gasteiger partial charge in [0, 0.05) is 24.2 Å². The van der Waals surface area contributed by atoms with Crippen LogP contribution in [-0.2, 0) is 19.9 Å². The van der Waals surface area contributed by atoms with Crippen molar-refractivity contribution in [2.75, 3.05) is 39.5 Å². The molecular formula is C17H20F6N4O5. The Morgan fingerprint density at radius 3 is 1.88 bits per heavy atom. The monoisotopic (exact) mass is 474 g/mol. The van der Waals surface area contributed by atoms with Crippen LogP contribution < -0.4 is 11.1 Å². The maximum absolute atomic E-state index is 12.9. The number of alkyl halides is 6. The molecule has 1 amide bonds. The number of carboxylic acid groups (broad SMARTS) is 1. The molecule has 1 heterocycles. The number of carbonyl (C=O) groups is 2. The lowest BCUT2D eigenvalue weighted by atomic mass is 10.0. The lowest BCUT2D eigenvalue weighted by Gasteiger charge is -2.15. The van der Waals surface area contributed by atoms with Crippen molar-refractivity contribution in [1.82, 2.24) is 5.32 Å². The van der Waals surface area contributed by atoms with Gasteiger partial charge in [-0.2, -0.15) is 26.3 Å². The Morgan fingerprint density at radius 2 is 1.47 bits per heavy atom. The number of amides is 1. The van der Waals surface area contributed by atoms with Crippen molar-refractivity contribution in [2.45, 2.75) is 18.0 Å². The lowest BCUT2D eigenvalue weighted by Crippen LogP contribution is -2.30. The summed E-state index contributed by atoms with van der Waals surface area (Å²) in [6.45, 7) is 2.29. The van der Waals surface area contributed by atoms with Crippen LogP contribution in [0, 0.1) is 0 Å². The number of nitrogens with one attached hydrogen (secondary N) is 1. The standard InChI is InChI=1S/C15H19F3N4O3.C2HF3O2/c16-15(17,18)14(21-22-14)12-3-1-11(2-4-12)13(23)20-6-8-25-10-9-24-7-5-19;3-2(4,5)1(6)7/h1-4H,5-10,19H2,(H,20,23);(H,6,7). The minimum absolute atomic E-state index is 0.114. The molecular weight excluding hydrogens is 454 g/mol. The number of ether oxygens (including phenoxy) is 2. The summed E-state index contributed by atoms with van der Waals surface area (Å²) < 4.78 is 80.7. The van der Waals surface area contributed by atoms with Crippen LogP contribution in [0.15, 0.2) is 34.5 Å². The van der Waals surface area contributed by atoms with Crippen LogP contribution in [0.2, 0.25) is 0 Å². The van der Waals surface area contributed by atoms with Gasteiger partial charge in [0.1, 0.15) is 0 Å². The van der Waals surface area contributed by atoms with Crippen molar-refractivity contribution >= 4 is 11.9 Å². The number of carboxylic acids is 1. The molecule has 0 atom stereocenters. The molecule has 2 rings (SSSR count). The molecule has 4 N–H and O–H groups in total. The van der Waals surface area contributed by atoms with E-state index in [0.29, 0.717) is 33.0 Å². The highest BCUT2D eigenvalue weighted by Gasteiger charge is 2.65. The first-order chi connectivity index (χ1) is 14.8. The van der Waals surface area contributed by atoms with E-state index in [2.05, 4.69) is 15.5 Å². The van der Waals surface area contributed by atoms with Gasteiger partial charge < -0.3 is 25.6 Å². The second-order valence-electron chi connectivity index (χ2n) is 6.02. The molecule has 0 radical (unpaired) electrons. The number of nitrogens with zero attached hydrogens (tertiary/aromatic N) is 2. The fraction of sp³-hybridized carbons (Fsp3) is 0.529. The quantitative estimate of drug-likeness (QED) is 0.352. The fourth-order valence-electron chi connectivity index (χ4n) is 2.04. The average molecular weight is 474 g/mol. The maximum Gasteiger partial charge on any atom is 0.490 e. The zero-order valence-electron chi connectivity index (χ0n) is 16.4. The van der Waals surface area contributed by atoms with Crippen molar-refractivity contribution in [2.24, 2.45) is 16.0 Å².